The molecule has 1 heterocycles. The third-order valence-corrected chi connectivity index (χ3v) is 1.94. The Bertz CT molecular complexity index is 468. The molecule has 5 N–H and O–H groups in total. The standard InChI is InChI=1S/C7H9F3N6O3/c8-7(9,10)4(17)2-12-5-3(16(18)19)1-13-6(14-5)15-11/h1,4,17H,2,11H2,(H2,12,13,14,15). The molecule has 0 saturated heterocycles. The number of nitrogens with one attached hydrogen (secondary N) is 2. The van der Waals surface area contributed by atoms with Crippen LogP contribution in [0.5, 0.6) is 0 Å². The number of aliphatic hydroxyl groups is 1. The van der Waals surface area contributed by atoms with Crippen LogP contribution < -0.4 is 16.6 Å². The largest absolute Gasteiger partial charge is 0.416 e. The van der Waals surface area contributed by atoms with Crippen molar-refractivity contribution in [3.63, 3.8) is 0 Å². The Labute approximate surface area is 103 Å². The zero-order chi connectivity index (χ0) is 14.6. The smallest absolute Gasteiger partial charge is 0.382 e. The lowest BCUT2D eigenvalue weighted by Crippen LogP contribution is -2.35. The molecular weight excluding hydrogens is 273 g/mol. The van der Waals surface area contributed by atoms with Crippen LogP contribution in [0.1, 0.15) is 0 Å². The fourth-order valence-corrected chi connectivity index (χ4v) is 1.02. The number of alkyl halides is 3. The lowest BCUT2D eigenvalue weighted by molar-refractivity contribution is -0.384. The highest BCUT2D eigenvalue weighted by molar-refractivity contribution is 5.56. The van der Waals surface area contributed by atoms with E-state index in [0.29, 0.717) is 0 Å². The third-order valence-electron chi connectivity index (χ3n) is 1.94. The molecule has 0 aliphatic heterocycles. The van der Waals surface area contributed by atoms with E-state index in [2.05, 4.69) is 9.97 Å². The lowest BCUT2D eigenvalue weighted by Gasteiger charge is -2.15. The fourth-order valence-electron chi connectivity index (χ4n) is 1.02. The predicted octanol–water partition coefficient (Wildman–Crippen LogP) is 0.00550. The van der Waals surface area contributed by atoms with Crippen LogP contribution in [0.3, 0.4) is 0 Å². The molecule has 0 saturated carbocycles. The van der Waals surface area contributed by atoms with Gasteiger partial charge in [-0.25, -0.2) is 10.8 Å². The Morgan fingerprint density at radius 1 is 1.58 bits per heavy atom. The van der Waals surface area contributed by atoms with E-state index >= 15 is 0 Å². The summed E-state index contributed by atoms with van der Waals surface area (Å²) in [5, 5.41) is 21.4. The van der Waals surface area contributed by atoms with E-state index < -0.39 is 35.3 Å². The van der Waals surface area contributed by atoms with Crippen molar-refractivity contribution < 1.29 is 23.2 Å². The second kappa shape index (κ2) is 5.62. The summed E-state index contributed by atoms with van der Waals surface area (Å²) in [6, 6.07) is 0. The summed E-state index contributed by atoms with van der Waals surface area (Å²) in [4.78, 5) is 16.7. The van der Waals surface area contributed by atoms with Crippen molar-refractivity contribution in [2.24, 2.45) is 5.84 Å². The minimum Gasteiger partial charge on any atom is -0.382 e. The molecule has 1 aromatic rings. The van der Waals surface area contributed by atoms with E-state index in [-0.39, 0.29) is 5.95 Å². The van der Waals surface area contributed by atoms with Crippen molar-refractivity contribution in [1.82, 2.24) is 9.97 Å². The van der Waals surface area contributed by atoms with Gasteiger partial charge in [0.15, 0.2) is 6.10 Å². The Morgan fingerprint density at radius 2 is 2.21 bits per heavy atom. The zero-order valence-corrected chi connectivity index (χ0v) is 9.18. The third kappa shape index (κ3) is 3.89. The highest BCUT2D eigenvalue weighted by atomic mass is 19.4. The summed E-state index contributed by atoms with van der Waals surface area (Å²) >= 11 is 0. The van der Waals surface area contributed by atoms with E-state index in [9.17, 15) is 23.3 Å². The van der Waals surface area contributed by atoms with Gasteiger partial charge in [-0.2, -0.15) is 18.2 Å². The number of halogens is 3. The maximum absolute atomic E-state index is 12.1. The van der Waals surface area contributed by atoms with E-state index in [4.69, 9.17) is 10.9 Å². The number of nitrogens with zero attached hydrogens (tertiary/aromatic N) is 3. The van der Waals surface area contributed by atoms with E-state index in [1.165, 1.54) is 0 Å². The van der Waals surface area contributed by atoms with Gasteiger partial charge in [0.1, 0.15) is 6.20 Å². The van der Waals surface area contributed by atoms with Gasteiger partial charge >= 0.3 is 11.9 Å². The number of nitro groups is 1. The quantitative estimate of drug-likeness (QED) is 0.336. The Hall–Kier alpha value is -2.21. The molecule has 9 nitrogen and oxygen atoms in total. The van der Waals surface area contributed by atoms with Crippen LogP contribution in [-0.2, 0) is 0 Å². The molecule has 0 aliphatic carbocycles. The Kier molecular flexibility index (Phi) is 4.39. The minimum atomic E-state index is -4.84. The average Bonchev–Trinajstić information content (AvgIpc) is 2.33. The molecule has 1 unspecified atom stereocenters. The van der Waals surface area contributed by atoms with Crippen LogP contribution in [0.4, 0.5) is 30.6 Å². The zero-order valence-electron chi connectivity index (χ0n) is 9.18. The summed E-state index contributed by atoms with van der Waals surface area (Å²) in [7, 11) is 0. The Balaban J connectivity index is 2.89. The van der Waals surface area contributed by atoms with Crippen molar-refractivity contribution in [3.05, 3.63) is 16.3 Å². The minimum absolute atomic E-state index is 0.227. The molecule has 19 heavy (non-hydrogen) atoms. The summed E-state index contributed by atoms with van der Waals surface area (Å²) in [5.41, 5.74) is 1.34. The summed E-state index contributed by atoms with van der Waals surface area (Å²) in [6.45, 7) is -0.995. The first kappa shape index (κ1) is 14.8. The number of nitrogen functional groups attached to an aromatic ring is 1. The van der Waals surface area contributed by atoms with E-state index in [1.807, 2.05) is 10.7 Å². The number of hydrogen-bond donors (Lipinski definition) is 4. The van der Waals surface area contributed by atoms with Crippen molar-refractivity contribution in [2.75, 3.05) is 17.3 Å². The molecule has 0 radical (unpaired) electrons. The topological polar surface area (TPSA) is 139 Å². The highest BCUT2D eigenvalue weighted by Gasteiger charge is 2.38. The van der Waals surface area contributed by atoms with Crippen LogP contribution in [-0.4, -0.2) is 38.8 Å². The average molecular weight is 282 g/mol. The molecule has 0 aromatic carbocycles. The first-order valence-corrected chi connectivity index (χ1v) is 4.72. The molecule has 12 heteroatoms. The SMILES string of the molecule is NNc1ncc([N+](=O)[O-])c(NCC(O)C(F)(F)F)n1. The van der Waals surface area contributed by atoms with Gasteiger partial charge in [0.2, 0.25) is 11.8 Å². The molecule has 1 rings (SSSR count). The van der Waals surface area contributed by atoms with Crippen LogP contribution in [0.25, 0.3) is 0 Å². The number of anilines is 2. The fraction of sp³-hybridized carbons (Fsp3) is 0.429. The molecule has 0 amide bonds. The molecule has 1 atom stereocenters. The molecule has 106 valence electrons. The molecule has 0 aliphatic rings. The van der Waals surface area contributed by atoms with Gasteiger partial charge < -0.3 is 10.4 Å². The van der Waals surface area contributed by atoms with Crippen molar-refractivity contribution in [1.29, 1.82) is 0 Å². The van der Waals surface area contributed by atoms with Gasteiger partial charge in [-0.15, -0.1) is 0 Å². The van der Waals surface area contributed by atoms with Gasteiger partial charge in [-0.3, -0.25) is 15.5 Å². The van der Waals surface area contributed by atoms with Gasteiger partial charge in [0, 0.05) is 0 Å². The number of hydrogen-bond acceptors (Lipinski definition) is 8. The van der Waals surface area contributed by atoms with Crippen LogP contribution in [0.2, 0.25) is 0 Å². The molecular formula is C7H9F3N6O3. The van der Waals surface area contributed by atoms with Crippen molar-refractivity contribution in [2.45, 2.75) is 12.3 Å². The summed E-state index contributed by atoms with van der Waals surface area (Å²) in [5.74, 6) is 4.25. The number of hydrazine groups is 1. The summed E-state index contributed by atoms with van der Waals surface area (Å²) < 4.78 is 36.2. The van der Waals surface area contributed by atoms with Crippen LogP contribution in [0, 0.1) is 10.1 Å². The first-order chi connectivity index (χ1) is 8.75. The number of aromatic nitrogens is 2. The number of aliphatic hydroxyl groups excluding tert-OH is 1. The second-order valence-corrected chi connectivity index (χ2v) is 3.27. The number of nitrogens with two attached hydrogens (primary N) is 1. The maximum atomic E-state index is 12.1. The van der Waals surface area contributed by atoms with E-state index in [0.717, 1.165) is 6.20 Å². The second-order valence-electron chi connectivity index (χ2n) is 3.27. The van der Waals surface area contributed by atoms with Crippen LogP contribution >= 0.6 is 0 Å². The summed E-state index contributed by atoms with van der Waals surface area (Å²) in [6.07, 6.45) is -6.76. The van der Waals surface area contributed by atoms with Crippen LogP contribution in [0.15, 0.2) is 6.20 Å². The molecule has 1 aromatic heterocycles. The number of rotatable bonds is 5. The van der Waals surface area contributed by atoms with Crippen molar-refractivity contribution >= 4 is 17.5 Å². The first-order valence-electron chi connectivity index (χ1n) is 4.72. The maximum Gasteiger partial charge on any atom is 0.416 e. The molecule has 0 spiro atoms. The normalized spacial score (nSPS) is 12.9. The van der Waals surface area contributed by atoms with E-state index in [1.54, 1.807) is 0 Å². The monoisotopic (exact) mass is 282 g/mol. The highest BCUT2D eigenvalue weighted by Crippen LogP contribution is 2.24. The van der Waals surface area contributed by atoms with Crippen molar-refractivity contribution in [3.8, 4) is 0 Å². The lowest BCUT2D eigenvalue weighted by atomic mass is 10.3. The predicted molar refractivity (Wildman–Crippen MR) is 57.0 cm³/mol. The molecule has 0 bridgehead atoms. The van der Waals surface area contributed by atoms with Gasteiger partial charge in [-0.1, -0.05) is 0 Å². The van der Waals surface area contributed by atoms with Gasteiger partial charge in [0.25, 0.3) is 0 Å². The van der Waals surface area contributed by atoms with Gasteiger partial charge in [0.05, 0.1) is 11.5 Å². The Morgan fingerprint density at radius 3 is 2.68 bits per heavy atom. The van der Waals surface area contributed by atoms with Gasteiger partial charge in [-0.05, 0) is 0 Å². The molecule has 0 fully saturated rings.